The van der Waals surface area contributed by atoms with Gasteiger partial charge in [-0.3, -0.25) is 9.59 Å². The van der Waals surface area contributed by atoms with Gasteiger partial charge in [-0.1, -0.05) is 17.7 Å². The molecule has 3 aromatic carbocycles. The van der Waals surface area contributed by atoms with Crippen molar-refractivity contribution in [3.05, 3.63) is 101 Å². The van der Waals surface area contributed by atoms with Crippen LogP contribution in [0.25, 0.3) is 5.69 Å². The van der Waals surface area contributed by atoms with E-state index in [1.54, 1.807) is 78.7 Å². The zero-order valence-electron chi connectivity index (χ0n) is 17.1. The van der Waals surface area contributed by atoms with E-state index in [-0.39, 0.29) is 11.8 Å². The van der Waals surface area contributed by atoms with Crippen LogP contribution in [0.4, 0.5) is 11.4 Å². The van der Waals surface area contributed by atoms with Gasteiger partial charge in [-0.2, -0.15) is 5.10 Å². The van der Waals surface area contributed by atoms with E-state index < -0.39 is 0 Å². The third kappa shape index (κ3) is 4.96. The molecule has 0 aliphatic rings. The first kappa shape index (κ1) is 21.1. The molecule has 0 atom stereocenters. The van der Waals surface area contributed by atoms with Crippen molar-refractivity contribution in [1.29, 1.82) is 0 Å². The molecule has 0 aliphatic carbocycles. The number of hydrogen-bond acceptors (Lipinski definition) is 4. The average Bonchev–Trinajstić information content (AvgIpc) is 3.31. The van der Waals surface area contributed by atoms with E-state index in [1.807, 2.05) is 12.1 Å². The van der Waals surface area contributed by atoms with Crippen LogP contribution in [0.3, 0.4) is 0 Å². The van der Waals surface area contributed by atoms with Crippen molar-refractivity contribution in [1.82, 2.24) is 9.78 Å². The van der Waals surface area contributed by atoms with Crippen LogP contribution in [0, 0.1) is 0 Å². The van der Waals surface area contributed by atoms with Gasteiger partial charge in [0.25, 0.3) is 11.8 Å². The maximum absolute atomic E-state index is 12.6. The number of ether oxygens (including phenoxy) is 1. The third-order valence-electron chi connectivity index (χ3n) is 4.67. The normalized spacial score (nSPS) is 10.4. The number of benzene rings is 3. The fourth-order valence-corrected chi connectivity index (χ4v) is 3.17. The lowest BCUT2D eigenvalue weighted by atomic mass is 10.2. The van der Waals surface area contributed by atoms with Crippen molar-refractivity contribution < 1.29 is 14.3 Å². The van der Waals surface area contributed by atoms with E-state index in [4.69, 9.17) is 16.3 Å². The van der Waals surface area contributed by atoms with Crippen LogP contribution in [-0.4, -0.2) is 28.7 Å². The largest absolute Gasteiger partial charge is 0.497 e. The number of rotatable bonds is 6. The van der Waals surface area contributed by atoms with Crippen LogP contribution < -0.4 is 15.4 Å². The Hall–Kier alpha value is -4.10. The number of methoxy groups -OCH3 is 1. The van der Waals surface area contributed by atoms with Gasteiger partial charge in [-0.25, -0.2) is 4.68 Å². The van der Waals surface area contributed by atoms with Crippen molar-refractivity contribution in [3.8, 4) is 11.4 Å². The highest BCUT2D eigenvalue weighted by Crippen LogP contribution is 2.18. The predicted octanol–water partition coefficient (Wildman–Crippen LogP) is 5.04. The number of carbonyl (C=O) groups excluding carboxylic acids is 2. The van der Waals surface area contributed by atoms with Crippen molar-refractivity contribution in [2.45, 2.75) is 0 Å². The van der Waals surface area contributed by atoms with Crippen molar-refractivity contribution in [3.63, 3.8) is 0 Å². The Morgan fingerprint density at radius 2 is 1.50 bits per heavy atom. The molecule has 4 rings (SSSR count). The van der Waals surface area contributed by atoms with E-state index in [2.05, 4.69) is 15.7 Å². The van der Waals surface area contributed by atoms with Crippen LogP contribution in [0.1, 0.15) is 20.7 Å². The third-order valence-corrected chi connectivity index (χ3v) is 4.91. The maximum atomic E-state index is 12.6. The molecule has 160 valence electrons. The zero-order valence-corrected chi connectivity index (χ0v) is 17.8. The molecule has 1 heterocycles. The molecule has 0 fully saturated rings. The minimum atomic E-state index is -0.311. The molecule has 4 aromatic rings. The van der Waals surface area contributed by atoms with Crippen LogP contribution >= 0.6 is 11.6 Å². The van der Waals surface area contributed by atoms with Gasteiger partial charge in [-0.15, -0.1) is 0 Å². The number of amides is 2. The maximum Gasteiger partial charge on any atom is 0.258 e. The minimum absolute atomic E-state index is 0.254. The number of anilines is 2. The lowest BCUT2D eigenvalue weighted by molar-refractivity contribution is 0.102. The number of hydrogen-bond donors (Lipinski definition) is 2. The zero-order chi connectivity index (χ0) is 22.5. The van der Waals surface area contributed by atoms with Crippen molar-refractivity contribution >= 4 is 34.8 Å². The first-order valence-electron chi connectivity index (χ1n) is 9.69. The standard InChI is InChI=1S/C24H19ClN4O3/c1-32-22-11-9-20(10-12-22)27-23(30)16-5-7-19(8-6-16)28-24(31)17-14-26-29(15-17)21-4-2-3-18(25)13-21/h2-15H,1H3,(H,27,30)(H,28,31). The predicted molar refractivity (Wildman–Crippen MR) is 124 cm³/mol. The van der Waals surface area contributed by atoms with Crippen LogP contribution in [0.15, 0.2) is 85.2 Å². The van der Waals surface area contributed by atoms with Crippen molar-refractivity contribution in [2.24, 2.45) is 0 Å². The van der Waals surface area contributed by atoms with Gasteiger partial charge in [0.05, 0.1) is 24.6 Å². The van der Waals surface area contributed by atoms with Gasteiger partial charge < -0.3 is 15.4 Å². The summed E-state index contributed by atoms with van der Waals surface area (Å²) in [5, 5.41) is 10.4. The highest BCUT2D eigenvalue weighted by Gasteiger charge is 2.11. The summed E-state index contributed by atoms with van der Waals surface area (Å²) in [7, 11) is 1.58. The molecule has 1 aromatic heterocycles. The molecule has 0 unspecified atom stereocenters. The SMILES string of the molecule is COc1ccc(NC(=O)c2ccc(NC(=O)c3cnn(-c4cccc(Cl)c4)c3)cc2)cc1. The Balaban J connectivity index is 1.39. The number of carbonyl (C=O) groups is 2. The van der Waals surface area contributed by atoms with E-state index in [0.717, 1.165) is 5.69 Å². The quantitative estimate of drug-likeness (QED) is 0.434. The Morgan fingerprint density at radius 3 is 2.12 bits per heavy atom. The number of halogens is 1. The summed E-state index contributed by atoms with van der Waals surface area (Å²) in [6, 6.07) is 20.9. The number of nitrogens with zero attached hydrogens (tertiary/aromatic N) is 2. The van der Waals surface area contributed by atoms with Crippen molar-refractivity contribution in [2.75, 3.05) is 17.7 Å². The summed E-state index contributed by atoms with van der Waals surface area (Å²) in [5.41, 5.74) is 2.83. The van der Waals surface area contributed by atoms with Gasteiger partial charge in [0.15, 0.2) is 0 Å². The van der Waals surface area contributed by atoms with Gasteiger partial charge in [0.2, 0.25) is 0 Å². The first-order valence-corrected chi connectivity index (χ1v) is 10.1. The molecule has 7 nitrogen and oxygen atoms in total. The van der Waals surface area contributed by atoms with Gasteiger partial charge in [-0.05, 0) is 66.7 Å². The Kier molecular flexibility index (Phi) is 6.19. The summed E-state index contributed by atoms with van der Waals surface area (Å²) in [6.45, 7) is 0. The molecule has 32 heavy (non-hydrogen) atoms. The summed E-state index contributed by atoms with van der Waals surface area (Å²) >= 11 is 6.01. The second-order valence-corrected chi connectivity index (χ2v) is 7.30. The van der Waals surface area contributed by atoms with E-state index in [0.29, 0.717) is 33.3 Å². The summed E-state index contributed by atoms with van der Waals surface area (Å²) in [4.78, 5) is 25.0. The fraction of sp³-hybridized carbons (Fsp3) is 0.0417. The summed E-state index contributed by atoms with van der Waals surface area (Å²) < 4.78 is 6.68. The molecule has 0 bridgehead atoms. The topological polar surface area (TPSA) is 85.2 Å². The molecule has 0 saturated heterocycles. The molecular formula is C24H19ClN4O3. The van der Waals surface area contributed by atoms with E-state index >= 15 is 0 Å². The van der Waals surface area contributed by atoms with Crippen LogP contribution in [0.2, 0.25) is 5.02 Å². The number of aromatic nitrogens is 2. The molecule has 0 saturated carbocycles. The second kappa shape index (κ2) is 9.36. The summed E-state index contributed by atoms with van der Waals surface area (Å²) in [5.74, 6) is 0.144. The number of nitrogens with one attached hydrogen (secondary N) is 2. The first-order chi connectivity index (χ1) is 15.5. The second-order valence-electron chi connectivity index (χ2n) is 6.87. The van der Waals surface area contributed by atoms with Gasteiger partial charge in [0.1, 0.15) is 5.75 Å². The molecular weight excluding hydrogens is 428 g/mol. The lowest BCUT2D eigenvalue weighted by Gasteiger charge is -2.08. The van der Waals surface area contributed by atoms with Crippen LogP contribution in [-0.2, 0) is 0 Å². The Labute approximate surface area is 189 Å². The van der Waals surface area contributed by atoms with Crippen LogP contribution in [0.5, 0.6) is 5.75 Å². The highest BCUT2D eigenvalue weighted by atomic mass is 35.5. The summed E-state index contributed by atoms with van der Waals surface area (Å²) in [6.07, 6.45) is 3.10. The molecule has 0 spiro atoms. The molecule has 0 radical (unpaired) electrons. The molecule has 2 amide bonds. The van der Waals surface area contributed by atoms with E-state index in [9.17, 15) is 9.59 Å². The molecule has 0 aliphatic heterocycles. The minimum Gasteiger partial charge on any atom is -0.497 e. The van der Waals surface area contributed by atoms with E-state index in [1.165, 1.54) is 6.20 Å². The molecule has 8 heteroatoms. The average molecular weight is 447 g/mol. The Bertz CT molecular complexity index is 1250. The Morgan fingerprint density at radius 1 is 0.875 bits per heavy atom. The van der Waals surface area contributed by atoms with Gasteiger partial charge >= 0.3 is 0 Å². The molecule has 2 N–H and O–H groups in total. The lowest BCUT2D eigenvalue weighted by Crippen LogP contribution is -2.13. The highest BCUT2D eigenvalue weighted by molar-refractivity contribution is 6.30. The fourth-order valence-electron chi connectivity index (χ4n) is 2.99. The van der Waals surface area contributed by atoms with Gasteiger partial charge in [0, 0.05) is 28.2 Å². The smallest absolute Gasteiger partial charge is 0.258 e. The monoisotopic (exact) mass is 446 g/mol.